The number of amides is 3. The third-order valence-corrected chi connectivity index (χ3v) is 4.44. The van der Waals surface area contributed by atoms with Gasteiger partial charge in [0.25, 0.3) is 0 Å². The van der Waals surface area contributed by atoms with Crippen molar-refractivity contribution in [3.05, 3.63) is 54.1 Å². The quantitative estimate of drug-likeness (QED) is 0.819. The van der Waals surface area contributed by atoms with Gasteiger partial charge >= 0.3 is 6.03 Å². The first-order chi connectivity index (χ1) is 13.1. The fraction of sp³-hybridized carbons (Fsp3) is 0.300. The van der Waals surface area contributed by atoms with Gasteiger partial charge < -0.3 is 25.0 Å². The average molecular weight is 369 g/mol. The van der Waals surface area contributed by atoms with Crippen molar-refractivity contribution in [2.75, 3.05) is 25.7 Å². The second kappa shape index (κ2) is 8.44. The zero-order valence-electron chi connectivity index (χ0n) is 15.4. The average Bonchev–Trinajstić information content (AvgIpc) is 3.06. The van der Waals surface area contributed by atoms with Gasteiger partial charge in [-0.1, -0.05) is 18.2 Å². The van der Waals surface area contributed by atoms with Crippen molar-refractivity contribution in [2.45, 2.75) is 19.0 Å². The monoisotopic (exact) mass is 369 g/mol. The van der Waals surface area contributed by atoms with Crippen molar-refractivity contribution < 1.29 is 19.1 Å². The summed E-state index contributed by atoms with van der Waals surface area (Å²) in [6.45, 7) is 0.831. The highest BCUT2D eigenvalue weighted by Crippen LogP contribution is 2.25. The van der Waals surface area contributed by atoms with Crippen molar-refractivity contribution in [3.63, 3.8) is 0 Å². The number of ether oxygens (including phenoxy) is 2. The van der Waals surface area contributed by atoms with Crippen LogP contribution in [0, 0.1) is 0 Å². The first-order valence-corrected chi connectivity index (χ1v) is 8.71. The largest absolute Gasteiger partial charge is 0.497 e. The van der Waals surface area contributed by atoms with Crippen LogP contribution in [0.1, 0.15) is 12.0 Å². The molecule has 1 fully saturated rings. The predicted octanol–water partition coefficient (Wildman–Crippen LogP) is 2.31. The van der Waals surface area contributed by atoms with Gasteiger partial charge in [-0.3, -0.25) is 4.79 Å². The van der Waals surface area contributed by atoms with Gasteiger partial charge in [-0.05, 0) is 29.8 Å². The zero-order valence-corrected chi connectivity index (χ0v) is 15.4. The van der Waals surface area contributed by atoms with Gasteiger partial charge in [-0.2, -0.15) is 0 Å². The number of carbonyl (C=O) groups is 2. The maximum Gasteiger partial charge on any atom is 0.315 e. The summed E-state index contributed by atoms with van der Waals surface area (Å²) < 4.78 is 10.3. The minimum Gasteiger partial charge on any atom is -0.497 e. The number of benzene rings is 2. The Morgan fingerprint density at radius 1 is 1.11 bits per heavy atom. The highest BCUT2D eigenvalue weighted by Gasteiger charge is 2.31. The Bertz CT molecular complexity index is 807. The van der Waals surface area contributed by atoms with Crippen LogP contribution < -0.4 is 25.0 Å². The van der Waals surface area contributed by atoms with E-state index in [1.54, 1.807) is 19.1 Å². The molecule has 2 aromatic carbocycles. The highest BCUT2D eigenvalue weighted by atomic mass is 16.5. The molecule has 2 N–H and O–H groups in total. The fourth-order valence-electron chi connectivity index (χ4n) is 2.99. The Morgan fingerprint density at radius 3 is 2.56 bits per heavy atom. The molecule has 1 aliphatic rings. The molecule has 3 rings (SSSR count). The molecule has 0 radical (unpaired) electrons. The lowest BCUT2D eigenvalue weighted by Gasteiger charge is -2.18. The molecule has 0 aromatic heterocycles. The summed E-state index contributed by atoms with van der Waals surface area (Å²) >= 11 is 0. The number of nitrogens with one attached hydrogen (secondary N) is 2. The number of methoxy groups -OCH3 is 2. The van der Waals surface area contributed by atoms with Gasteiger partial charge in [0.1, 0.15) is 11.5 Å². The SMILES string of the molecule is COc1ccc(CNC(=O)N[C@H]2CC(=O)N(c3cccc(OC)c3)C2)cc1. The molecule has 7 nitrogen and oxygen atoms in total. The molecule has 0 saturated carbocycles. The molecule has 3 amide bonds. The lowest BCUT2D eigenvalue weighted by Crippen LogP contribution is -2.43. The van der Waals surface area contributed by atoms with Crippen molar-refractivity contribution in [2.24, 2.45) is 0 Å². The molecule has 0 spiro atoms. The predicted molar refractivity (Wildman–Crippen MR) is 102 cm³/mol. The smallest absolute Gasteiger partial charge is 0.315 e. The molecule has 7 heteroatoms. The number of anilines is 1. The van der Waals surface area contributed by atoms with E-state index in [9.17, 15) is 9.59 Å². The topological polar surface area (TPSA) is 79.9 Å². The zero-order chi connectivity index (χ0) is 19.2. The molecule has 2 aromatic rings. The molecule has 1 atom stereocenters. The molecule has 1 saturated heterocycles. The summed E-state index contributed by atoms with van der Waals surface area (Å²) in [6, 6.07) is 14.3. The van der Waals surface area contributed by atoms with E-state index in [0.717, 1.165) is 17.0 Å². The Labute approximate surface area is 158 Å². The minimum absolute atomic E-state index is 0.0243. The number of carbonyl (C=O) groups excluding carboxylic acids is 2. The van der Waals surface area contributed by atoms with E-state index in [4.69, 9.17) is 9.47 Å². The molecule has 1 heterocycles. The second-order valence-corrected chi connectivity index (χ2v) is 6.28. The van der Waals surface area contributed by atoms with Crippen LogP contribution >= 0.6 is 0 Å². The molecular formula is C20H23N3O4. The van der Waals surface area contributed by atoms with Crippen LogP contribution in [0.15, 0.2) is 48.5 Å². The summed E-state index contributed by atoms with van der Waals surface area (Å²) in [4.78, 5) is 26.1. The van der Waals surface area contributed by atoms with Gasteiger partial charge in [-0.25, -0.2) is 4.79 Å². The van der Waals surface area contributed by atoms with Gasteiger partial charge in [0.15, 0.2) is 0 Å². The minimum atomic E-state index is -0.295. The number of rotatable bonds is 6. The maximum atomic E-state index is 12.3. The summed E-state index contributed by atoms with van der Waals surface area (Å²) in [6.07, 6.45) is 0.271. The lowest BCUT2D eigenvalue weighted by atomic mass is 10.2. The van der Waals surface area contributed by atoms with Gasteiger partial charge in [-0.15, -0.1) is 0 Å². The van der Waals surface area contributed by atoms with Crippen LogP contribution in [0.3, 0.4) is 0 Å². The van der Waals surface area contributed by atoms with Crippen molar-refractivity contribution in [1.29, 1.82) is 0 Å². The second-order valence-electron chi connectivity index (χ2n) is 6.28. The summed E-state index contributed by atoms with van der Waals surface area (Å²) in [5, 5.41) is 5.67. The van der Waals surface area contributed by atoms with Crippen LogP contribution in [0.5, 0.6) is 11.5 Å². The van der Waals surface area contributed by atoms with Crippen LogP contribution in [-0.2, 0) is 11.3 Å². The lowest BCUT2D eigenvalue weighted by molar-refractivity contribution is -0.117. The molecule has 27 heavy (non-hydrogen) atoms. The molecule has 1 aliphatic heterocycles. The van der Waals surface area contributed by atoms with Crippen LogP contribution in [0.25, 0.3) is 0 Å². The Balaban J connectivity index is 1.51. The Kier molecular flexibility index (Phi) is 5.80. The van der Waals surface area contributed by atoms with Crippen LogP contribution in [-0.4, -0.2) is 38.7 Å². The van der Waals surface area contributed by atoms with E-state index in [2.05, 4.69) is 10.6 Å². The first-order valence-electron chi connectivity index (χ1n) is 8.71. The molecule has 0 aliphatic carbocycles. The van der Waals surface area contributed by atoms with Crippen LogP contribution in [0.4, 0.5) is 10.5 Å². The summed E-state index contributed by atoms with van der Waals surface area (Å²) in [7, 11) is 3.20. The third-order valence-electron chi connectivity index (χ3n) is 4.44. The number of nitrogens with zero attached hydrogens (tertiary/aromatic N) is 1. The number of hydrogen-bond acceptors (Lipinski definition) is 4. The van der Waals surface area contributed by atoms with E-state index >= 15 is 0 Å². The van der Waals surface area contributed by atoms with Crippen LogP contribution in [0.2, 0.25) is 0 Å². The maximum absolute atomic E-state index is 12.3. The van der Waals surface area contributed by atoms with Gasteiger partial charge in [0.2, 0.25) is 5.91 Å². The van der Waals surface area contributed by atoms with E-state index in [-0.39, 0.29) is 24.4 Å². The van der Waals surface area contributed by atoms with E-state index in [0.29, 0.717) is 18.8 Å². The van der Waals surface area contributed by atoms with Gasteiger partial charge in [0, 0.05) is 31.3 Å². The normalized spacial score (nSPS) is 16.1. The van der Waals surface area contributed by atoms with E-state index in [1.165, 1.54) is 0 Å². The Morgan fingerprint density at radius 2 is 1.85 bits per heavy atom. The third kappa shape index (κ3) is 4.69. The number of urea groups is 1. The molecule has 0 bridgehead atoms. The van der Waals surface area contributed by atoms with E-state index < -0.39 is 0 Å². The Hall–Kier alpha value is -3.22. The highest BCUT2D eigenvalue weighted by molar-refractivity contribution is 5.97. The molecular weight excluding hydrogens is 346 g/mol. The summed E-state index contributed by atoms with van der Waals surface area (Å²) in [5.74, 6) is 1.43. The molecule has 0 unspecified atom stereocenters. The first kappa shape index (κ1) is 18.6. The van der Waals surface area contributed by atoms with Crippen molar-refractivity contribution >= 4 is 17.6 Å². The fourth-order valence-corrected chi connectivity index (χ4v) is 2.99. The number of hydrogen-bond donors (Lipinski definition) is 2. The van der Waals surface area contributed by atoms with Gasteiger partial charge in [0.05, 0.1) is 20.3 Å². The van der Waals surface area contributed by atoms with Crippen molar-refractivity contribution in [3.8, 4) is 11.5 Å². The summed E-state index contributed by atoms with van der Waals surface area (Å²) in [5.41, 5.74) is 1.73. The van der Waals surface area contributed by atoms with Crippen molar-refractivity contribution in [1.82, 2.24) is 10.6 Å². The van der Waals surface area contributed by atoms with E-state index in [1.807, 2.05) is 48.5 Å². The standard InChI is InChI=1S/C20H23N3O4/c1-26-17-8-6-14(7-9-17)12-21-20(25)22-15-10-19(24)23(13-15)16-4-3-5-18(11-16)27-2/h3-9,11,15H,10,12-13H2,1-2H3,(H2,21,22,25)/t15-/m0/s1. The molecule has 142 valence electrons.